The van der Waals surface area contributed by atoms with Crippen molar-refractivity contribution in [2.45, 2.75) is 6.92 Å². The lowest BCUT2D eigenvalue weighted by Crippen LogP contribution is -2.20. The summed E-state index contributed by atoms with van der Waals surface area (Å²) in [5, 5.41) is 2.83. The summed E-state index contributed by atoms with van der Waals surface area (Å²) in [6, 6.07) is 14.1. The number of nitrogens with one attached hydrogen (secondary N) is 1. The molecule has 0 spiro atoms. The highest BCUT2D eigenvalue weighted by Crippen LogP contribution is 2.17. The molecule has 0 bridgehead atoms. The van der Waals surface area contributed by atoms with Gasteiger partial charge in [0.15, 0.2) is 6.61 Å². The van der Waals surface area contributed by atoms with E-state index in [2.05, 4.69) is 5.32 Å². The Morgan fingerprint density at radius 1 is 1.14 bits per heavy atom. The molecule has 0 aliphatic rings. The Morgan fingerprint density at radius 2 is 1.90 bits per heavy atom. The van der Waals surface area contributed by atoms with Gasteiger partial charge in [0.05, 0.1) is 0 Å². The van der Waals surface area contributed by atoms with Gasteiger partial charge in [0.2, 0.25) is 0 Å². The number of anilines is 1. The number of hydrogen-bond donors (Lipinski definition) is 2. The minimum Gasteiger partial charge on any atom is -0.484 e. The highest BCUT2D eigenvalue weighted by molar-refractivity contribution is 6.04. The highest BCUT2D eigenvalue weighted by Gasteiger charge is 2.08. The number of amides is 2. The van der Waals surface area contributed by atoms with Crippen LogP contribution >= 0.6 is 0 Å². The van der Waals surface area contributed by atoms with Crippen LogP contribution in [-0.4, -0.2) is 18.4 Å². The number of benzene rings is 2. The zero-order valence-corrected chi connectivity index (χ0v) is 11.6. The van der Waals surface area contributed by atoms with E-state index >= 15 is 0 Å². The van der Waals surface area contributed by atoms with Gasteiger partial charge in [-0.3, -0.25) is 9.59 Å². The molecule has 0 aliphatic heterocycles. The minimum absolute atomic E-state index is 0.219. The lowest BCUT2D eigenvalue weighted by Gasteiger charge is -2.09. The maximum atomic E-state index is 12.2. The summed E-state index contributed by atoms with van der Waals surface area (Å²) in [5.74, 6) is -0.384. The molecule has 3 N–H and O–H groups in total. The van der Waals surface area contributed by atoms with E-state index in [9.17, 15) is 9.59 Å². The molecule has 0 radical (unpaired) electrons. The van der Waals surface area contributed by atoms with E-state index in [4.69, 9.17) is 10.5 Å². The number of carbonyl (C=O) groups excluding carboxylic acids is 2. The Balaban J connectivity index is 2.11. The number of rotatable bonds is 5. The molecule has 0 aromatic heterocycles. The molecule has 108 valence electrons. The normalized spacial score (nSPS) is 9.95. The number of para-hydroxylation sites is 1. The molecule has 0 saturated carbocycles. The van der Waals surface area contributed by atoms with E-state index in [0.717, 1.165) is 11.3 Å². The average Bonchev–Trinajstić information content (AvgIpc) is 2.48. The molecule has 0 unspecified atom stereocenters. The van der Waals surface area contributed by atoms with Crippen LogP contribution in [0.1, 0.15) is 15.9 Å². The van der Waals surface area contributed by atoms with Gasteiger partial charge in [-0.1, -0.05) is 24.3 Å². The SMILES string of the molecule is Cc1ccccc1NC(=O)c1cccc(OCC(N)=O)c1. The van der Waals surface area contributed by atoms with Crippen molar-refractivity contribution in [3.05, 3.63) is 59.7 Å². The van der Waals surface area contributed by atoms with Crippen LogP contribution in [-0.2, 0) is 4.79 Å². The van der Waals surface area contributed by atoms with Gasteiger partial charge in [0.25, 0.3) is 11.8 Å². The van der Waals surface area contributed by atoms with Crippen LogP contribution in [0.3, 0.4) is 0 Å². The fourth-order valence-corrected chi connectivity index (χ4v) is 1.79. The first-order valence-corrected chi connectivity index (χ1v) is 6.44. The molecule has 5 nitrogen and oxygen atoms in total. The van der Waals surface area contributed by atoms with E-state index in [-0.39, 0.29) is 12.5 Å². The van der Waals surface area contributed by atoms with Crippen molar-refractivity contribution >= 4 is 17.5 Å². The molecule has 0 aliphatic carbocycles. The first-order chi connectivity index (χ1) is 10.1. The average molecular weight is 284 g/mol. The van der Waals surface area contributed by atoms with Gasteiger partial charge in [0.1, 0.15) is 5.75 Å². The molecule has 2 rings (SSSR count). The molecule has 0 atom stereocenters. The van der Waals surface area contributed by atoms with Crippen molar-refractivity contribution in [3.8, 4) is 5.75 Å². The van der Waals surface area contributed by atoms with E-state index in [1.165, 1.54) is 0 Å². The maximum Gasteiger partial charge on any atom is 0.255 e. The predicted molar refractivity (Wildman–Crippen MR) is 80.3 cm³/mol. The molecule has 2 aromatic carbocycles. The summed E-state index contributed by atoms with van der Waals surface area (Å²) >= 11 is 0. The number of nitrogens with two attached hydrogens (primary N) is 1. The molecule has 0 fully saturated rings. The second-order valence-electron chi connectivity index (χ2n) is 4.55. The number of hydrogen-bond acceptors (Lipinski definition) is 3. The molecule has 2 amide bonds. The van der Waals surface area contributed by atoms with E-state index in [0.29, 0.717) is 11.3 Å². The maximum absolute atomic E-state index is 12.2. The van der Waals surface area contributed by atoms with Gasteiger partial charge in [-0.15, -0.1) is 0 Å². The summed E-state index contributed by atoms with van der Waals surface area (Å²) in [6.07, 6.45) is 0. The van der Waals surface area contributed by atoms with Crippen LogP contribution in [0.4, 0.5) is 5.69 Å². The van der Waals surface area contributed by atoms with E-state index < -0.39 is 5.91 Å². The topological polar surface area (TPSA) is 81.4 Å². The van der Waals surface area contributed by atoms with Gasteiger partial charge < -0.3 is 15.8 Å². The number of aryl methyl sites for hydroxylation is 1. The van der Waals surface area contributed by atoms with Crippen LogP contribution in [0.5, 0.6) is 5.75 Å². The Morgan fingerprint density at radius 3 is 2.62 bits per heavy atom. The van der Waals surface area contributed by atoms with Crippen molar-refractivity contribution in [3.63, 3.8) is 0 Å². The fourth-order valence-electron chi connectivity index (χ4n) is 1.79. The molecule has 0 saturated heterocycles. The van der Waals surface area contributed by atoms with Gasteiger partial charge in [-0.05, 0) is 36.8 Å². The number of ether oxygens (including phenoxy) is 1. The quantitative estimate of drug-likeness (QED) is 0.882. The van der Waals surface area contributed by atoms with Crippen molar-refractivity contribution in [2.24, 2.45) is 5.73 Å². The Hall–Kier alpha value is -2.82. The summed E-state index contributed by atoms with van der Waals surface area (Å²) in [4.78, 5) is 22.9. The molecule has 2 aromatic rings. The third-order valence-electron chi connectivity index (χ3n) is 2.87. The standard InChI is InChI=1S/C16H16N2O3/c1-11-5-2-3-8-14(11)18-16(20)12-6-4-7-13(9-12)21-10-15(17)19/h2-9H,10H2,1H3,(H2,17,19)(H,18,20). The van der Waals surface area contributed by atoms with E-state index in [1.807, 2.05) is 31.2 Å². The predicted octanol–water partition coefficient (Wildman–Crippen LogP) is 2.11. The van der Waals surface area contributed by atoms with Crippen LogP contribution in [0.25, 0.3) is 0 Å². The molecule has 5 heteroatoms. The first kappa shape index (κ1) is 14.6. The van der Waals surface area contributed by atoms with Crippen LogP contribution in [0, 0.1) is 6.92 Å². The minimum atomic E-state index is -0.565. The number of carbonyl (C=O) groups is 2. The van der Waals surface area contributed by atoms with Crippen molar-refractivity contribution in [1.82, 2.24) is 0 Å². The van der Waals surface area contributed by atoms with Gasteiger partial charge >= 0.3 is 0 Å². The second kappa shape index (κ2) is 6.56. The fraction of sp³-hybridized carbons (Fsp3) is 0.125. The lowest BCUT2D eigenvalue weighted by atomic mass is 10.1. The molecular formula is C16H16N2O3. The zero-order chi connectivity index (χ0) is 15.2. The van der Waals surface area contributed by atoms with Crippen molar-refractivity contribution < 1.29 is 14.3 Å². The number of primary amides is 1. The first-order valence-electron chi connectivity index (χ1n) is 6.44. The van der Waals surface area contributed by atoms with Gasteiger partial charge in [-0.2, -0.15) is 0 Å². The van der Waals surface area contributed by atoms with Crippen molar-refractivity contribution in [2.75, 3.05) is 11.9 Å². The van der Waals surface area contributed by atoms with Crippen LogP contribution in [0.2, 0.25) is 0 Å². The molecule has 21 heavy (non-hydrogen) atoms. The third-order valence-corrected chi connectivity index (χ3v) is 2.87. The summed E-state index contributed by atoms with van der Waals surface area (Å²) in [7, 11) is 0. The van der Waals surface area contributed by atoms with Crippen LogP contribution in [0.15, 0.2) is 48.5 Å². The summed E-state index contributed by atoms with van der Waals surface area (Å²) < 4.78 is 5.18. The molecular weight excluding hydrogens is 268 g/mol. The smallest absolute Gasteiger partial charge is 0.255 e. The Kier molecular flexibility index (Phi) is 4.56. The van der Waals surface area contributed by atoms with E-state index in [1.54, 1.807) is 24.3 Å². The third kappa shape index (κ3) is 4.07. The zero-order valence-electron chi connectivity index (χ0n) is 11.6. The summed E-state index contributed by atoms with van der Waals surface area (Å²) in [6.45, 7) is 1.70. The van der Waals surface area contributed by atoms with Gasteiger partial charge in [-0.25, -0.2) is 0 Å². The second-order valence-corrected chi connectivity index (χ2v) is 4.55. The van der Waals surface area contributed by atoms with Gasteiger partial charge in [0, 0.05) is 11.3 Å². The highest BCUT2D eigenvalue weighted by atomic mass is 16.5. The summed E-state index contributed by atoms with van der Waals surface area (Å²) in [5.41, 5.74) is 7.19. The lowest BCUT2D eigenvalue weighted by molar-refractivity contribution is -0.119. The van der Waals surface area contributed by atoms with Crippen LogP contribution < -0.4 is 15.8 Å². The molecule has 0 heterocycles. The monoisotopic (exact) mass is 284 g/mol. The largest absolute Gasteiger partial charge is 0.484 e. The Labute approximate surface area is 122 Å². The Bertz CT molecular complexity index is 668. The van der Waals surface area contributed by atoms with Crippen molar-refractivity contribution in [1.29, 1.82) is 0 Å².